The zero-order chi connectivity index (χ0) is 15.5. The Morgan fingerprint density at radius 2 is 1.67 bits per heavy atom. The Kier molecular flexibility index (Phi) is 4.48. The topological polar surface area (TPSA) is 29.5 Å². The first-order valence-electron chi connectivity index (χ1n) is 6.99. The van der Waals surface area contributed by atoms with Crippen molar-refractivity contribution in [2.45, 2.75) is 19.6 Å². The van der Waals surface area contributed by atoms with Gasteiger partial charge in [-0.3, -0.25) is 0 Å². The molecule has 2 rings (SSSR count). The maximum Gasteiger partial charge on any atom is 0.343 e. The molecule has 21 heavy (non-hydrogen) atoms. The van der Waals surface area contributed by atoms with Gasteiger partial charge in [0.1, 0.15) is 14.0 Å². The Morgan fingerprint density at radius 1 is 1.00 bits per heavy atom. The van der Waals surface area contributed by atoms with Gasteiger partial charge in [0.25, 0.3) is 0 Å². The van der Waals surface area contributed by atoms with E-state index in [2.05, 4.69) is 31.3 Å². The van der Waals surface area contributed by atoms with Crippen molar-refractivity contribution in [3.8, 4) is 5.75 Å². The number of rotatable bonds is 4. The second-order valence-corrected chi connectivity index (χ2v) is 11.0. The first kappa shape index (κ1) is 15.3. The smallest absolute Gasteiger partial charge is 0.343 e. The number of hydrogen-bond acceptors (Lipinski definition) is 3. The third-order valence-electron chi connectivity index (χ3n) is 3.43. The molecule has 0 bridgehead atoms. The summed E-state index contributed by atoms with van der Waals surface area (Å²) >= 11 is 0. The monoisotopic (exact) mass is 299 g/mol. The summed E-state index contributed by atoms with van der Waals surface area (Å²) in [6, 6.07) is 16.7. The largest absolute Gasteiger partial charge is 0.423 e. The van der Waals surface area contributed by atoms with E-state index in [-0.39, 0.29) is 5.97 Å². The lowest BCUT2D eigenvalue weighted by Crippen LogP contribution is -2.43. The Morgan fingerprint density at radius 3 is 2.29 bits per heavy atom. The van der Waals surface area contributed by atoms with E-state index in [4.69, 9.17) is 4.74 Å². The van der Waals surface area contributed by atoms with Crippen molar-refractivity contribution in [2.75, 3.05) is 11.6 Å². The van der Waals surface area contributed by atoms with Crippen molar-refractivity contribution in [1.82, 2.24) is 0 Å². The molecule has 2 aromatic carbocycles. The number of carbonyl (C=O) groups excluding carboxylic acids is 1. The Hall–Kier alpha value is -2.07. The molecule has 0 spiro atoms. The summed E-state index contributed by atoms with van der Waals surface area (Å²) < 4.78 is 7.74. The molecule has 0 saturated carbocycles. The lowest BCUT2D eigenvalue weighted by Gasteiger charge is -2.32. The molecule has 0 radical (unpaired) electrons. The summed E-state index contributed by atoms with van der Waals surface area (Å²) in [4.78, 5) is 12.1. The Bertz CT molecular complexity index is 620. The van der Waals surface area contributed by atoms with Gasteiger partial charge in [-0.25, -0.2) is 4.79 Å². The quantitative estimate of drug-likeness (QED) is 0.482. The molecule has 0 saturated heterocycles. The van der Waals surface area contributed by atoms with Gasteiger partial charge in [-0.15, -0.1) is 0 Å². The van der Waals surface area contributed by atoms with Crippen molar-refractivity contribution in [3.05, 3.63) is 60.2 Å². The fourth-order valence-corrected chi connectivity index (χ4v) is 2.80. The van der Waals surface area contributed by atoms with Crippen LogP contribution in [-0.4, -0.2) is 21.3 Å². The van der Waals surface area contributed by atoms with E-state index in [1.165, 1.54) is 0 Å². The van der Waals surface area contributed by atoms with Crippen LogP contribution < -0.4 is 9.30 Å². The molecule has 0 amide bonds. The first-order chi connectivity index (χ1) is 9.88. The second-order valence-electron chi connectivity index (χ2n) is 5.98. The van der Waals surface area contributed by atoms with Crippen molar-refractivity contribution in [3.63, 3.8) is 0 Å². The standard InChI is InChI=1S/C17H21NO2Si/c1-18(21(2,3)4)15-11-8-12-16(13-15)20-17(19)14-9-6-5-7-10-14/h5-13H,1-4H3. The van der Waals surface area contributed by atoms with Gasteiger partial charge < -0.3 is 9.30 Å². The number of benzene rings is 2. The summed E-state index contributed by atoms with van der Waals surface area (Å²) in [5.74, 6) is 0.245. The first-order valence-corrected chi connectivity index (χ1v) is 10.4. The zero-order valence-electron chi connectivity index (χ0n) is 13.0. The number of esters is 1. The van der Waals surface area contributed by atoms with Crippen LogP contribution >= 0.6 is 0 Å². The van der Waals surface area contributed by atoms with E-state index in [1.807, 2.05) is 42.5 Å². The zero-order valence-corrected chi connectivity index (χ0v) is 14.0. The average molecular weight is 299 g/mol. The van der Waals surface area contributed by atoms with Crippen LogP contribution in [-0.2, 0) is 0 Å². The van der Waals surface area contributed by atoms with Crippen LogP contribution in [0, 0.1) is 0 Å². The lowest BCUT2D eigenvalue weighted by molar-refractivity contribution is 0.0735. The highest BCUT2D eigenvalue weighted by Crippen LogP contribution is 2.24. The van der Waals surface area contributed by atoms with Gasteiger partial charge in [-0.05, 0) is 31.3 Å². The predicted octanol–water partition coefficient (Wildman–Crippen LogP) is 4.18. The molecule has 0 unspecified atom stereocenters. The summed E-state index contributed by atoms with van der Waals surface area (Å²) in [6.45, 7) is 6.82. The van der Waals surface area contributed by atoms with Gasteiger partial charge in [0.15, 0.2) is 0 Å². The van der Waals surface area contributed by atoms with Gasteiger partial charge in [-0.1, -0.05) is 43.9 Å². The highest BCUT2D eigenvalue weighted by molar-refractivity contribution is 6.79. The highest BCUT2D eigenvalue weighted by Gasteiger charge is 2.21. The molecular weight excluding hydrogens is 278 g/mol. The molecular formula is C17H21NO2Si. The Balaban J connectivity index is 2.17. The van der Waals surface area contributed by atoms with E-state index in [9.17, 15) is 4.79 Å². The molecule has 110 valence electrons. The van der Waals surface area contributed by atoms with Crippen LogP contribution in [0.25, 0.3) is 0 Å². The molecule has 0 atom stereocenters. The summed E-state index contributed by atoms with van der Waals surface area (Å²) in [5.41, 5.74) is 1.63. The summed E-state index contributed by atoms with van der Waals surface area (Å²) in [6.07, 6.45) is 0. The minimum atomic E-state index is -1.44. The van der Waals surface area contributed by atoms with Crippen LogP contribution in [0.1, 0.15) is 10.4 Å². The number of ether oxygens (including phenoxy) is 1. The molecule has 0 aliphatic heterocycles. The molecule has 3 nitrogen and oxygen atoms in total. The van der Waals surface area contributed by atoms with Gasteiger partial charge in [0, 0.05) is 11.8 Å². The van der Waals surface area contributed by atoms with E-state index >= 15 is 0 Å². The van der Waals surface area contributed by atoms with Crippen molar-refractivity contribution in [1.29, 1.82) is 0 Å². The lowest BCUT2D eigenvalue weighted by atomic mass is 10.2. The molecule has 0 aromatic heterocycles. The van der Waals surface area contributed by atoms with Crippen molar-refractivity contribution in [2.24, 2.45) is 0 Å². The van der Waals surface area contributed by atoms with Crippen LogP contribution in [0.2, 0.25) is 19.6 Å². The third-order valence-corrected chi connectivity index (χ3v) is 5.70. The molecule has 4 heteroatoms. The highest BCUT2D eigenvalue weighted by atomic mass is 28.3. The number of nitrogens with zero attached hydrogens (tertiary/aromatic N) is 1. The molecule has 0 aliphatic rings. The van der Waals surface area contributed by atoms with E-state index in [1.54, 1.807) is 12.1 Å². The van der Waals surface area contributed by atoms with Crippen LogP contribution in [0.3, 0.4) is 0 Å². The fraction of sp³-hybridized carbons (Fsp3) is 0.235. The number of anilines is 1. The minimum Gasteiger partial charge on any atom is -0.423 e. The molecule has 0 fully saturated rings. The van der Waals surface area contributed by atoms with Crippen LogP contribution in [0.15, 0.2) is 54.6 Å². The van der Waals surface area contributed by atoms with Gasteiger partial charge in [-0.2, -0.15) is 0 Å². The van der Waals surface area contributed by atoms with Crippen molar-refractivity contribution < 1.29 is 9.53 Å². The molecule has 2 aromatic rings. The van der Waals surface area contributed by atoms with Crippen molar-refractivity contribution >= 4 is 19.9 Å². The molecule has 0 heterocycles. The number of carbonyl (C=O) groups is 1. The SMILES string of the molecule is CN(c1cccc(OC(=O)c2ccccc2)c1)[Si](C)(C)C. The Labute approximate surface area is 127 Å². The normalized spacial score (nSPS) is 11.0. The van der Waals surface area contributed by atoms with E-state index in [0.29, 0.717) is 11.3 Å². The number of hydrogen-bond donors (Lipinski definition) is 0. The van der Waals surface area contributed by atoms with Crippen LogP contribution in [0.4, 0.5) is 5.69 Å². The maximum atomic E-state index is 12.1. The van der Waals surface area contributed by atoms with E-state index in [0.717, 1.165) is 5.69 Å². The van der Waals surface area contributed by atoms with Gasteiger partial charge in [0.2, 0.25) is 0 Å². The minimum absolute atomic E-state index is 0.330. The van der Waals surface area contributed by atoms with Gasteiger partial charge >= 0.3 is 5.97 Å². The second kappa shape index (κ2) is 6.14. The van der Waals surface area contributed by atoms with E-state index < -0.39 is 8.24 Å². The molecule has 0 aliphatic carbocycles. The average Bonchev–Trinajstić information content (AvgIpc) is 2.46. The van der Waals surface area contributed by atoms with Gasteiger partial charge in [0.05, 0.1) is 5.56 Å². The maximum absolute atomic E-state index is 12.1. The summed E-state index contributed by atoms with van der Waals surface area (Å²) in [5, 5.41) is 0. The van der Waals surface area contributed by atoms with Crippen LogP contribution in [0.5, 0.6) is 5.75 Å². The summed E-state index contributed by atoms with van der Waals surface area (Å²) in [7, 11) is 0.652. The fourth-order valence-electron chi connectivity index (χ4n) is 1.88. The third kappa shape index (κ3) is 3.95. The predicted molar refractivity (Wildman–Crippen MR) is 89.6 cm³/mol. The molecule has 0 N–H and O–H groups in total.